The number of carbonyl (C=O) groups is 1. The summed E-state index contributed by atoms with van der Waals surface area (Å²) in [5.74, 6) is 0.273. The zero-order chi connectivity index (χ0) is 18.7. The van der Waals surface area contributed by atoms with Gasteiger partial charge in [-0.2, -0.15) is 0 Å². The molecule has 0 fully saturated rings. The van der Waals surface area contributed by atoms with Gasteiger partial charge in [0.1, 0.15) is 5.75 Å². The number of carbonyl (C=O) groups excluding carboxylic acids is 1. The van der Waals surface area contributed by atoms with Gasteiger partial charge in [0.25, 0.3) is 0 Å². The third kappa shape index (κ3) is 5.23. The molecule has 1 aromatic carbocycles. The number of aromatic hydroxyl groups is 1. The van der Waals surface area contributed by atoms with Gasteiger partial charge in [0.15, 0.2) is 0 Å². The lowest BCUT2D eigenvalue weighted by Gasteiger charge is -2.27. The summed E-state index contributed by atoms with van der Waals surface area (Å²) in [4.78, 5) is 13.6. The molecule has 136 valence electrons. The van der Waals surface area contributed by atoms with Gasteiger partial charge in [-0.15, -0.1) is 0 Å². The minimum absolute atomic E-state index is 0.0260. The van der Waals surface area contributed by atoms with Crippen LogP contribution in [-0.2, 0) is 22.0 Å². The number of aliphatic hydroxyl groups is 1. The van der Waals surface area contributed by atoms with Crippen LogP contribution < -0.4 is 0 Å². The van der Waals surface area contributed by atoms with Crippen LogP contribution >= 0.6 is 0 Å². The Morgan fingerprint density at radius 1 is 1.08 bits per heavy atom. The van der Waals surface area contributed by atoms with Crippen molar-refractivity contribution in [3.05, 3.63) is 28.8 Å². The van der Waals surface area contributed by atoms with Crippen LogP contribution in [0.15, 0.2) is 12.1 Å². The molecule has 0 bridgehead atoms. The van der Waals surface area contributed by atoms with E-state index >= 15 is 0 Å². The highest BCUT2D eigenvalue weighted by Crippen LogP contribution is 2.38. The second-order valence-corrected chi connectivity index (χ2v) is 8.57. The number of hydrogen-bond donors (Lipinski definition) is 2. The maximum atomic E-state index is 12.1. The van der Waals surface area contributed by atoms with E-state index in [9.17, 15) is 9.90 Å². The molecular weight excluding hydrogens is 302 g/mol. The maximum Gasteiger partial charge on any atom is 0.222 e. The van der Waals surface area contributed by atoms with Crippen molar-refractivity contribution in [2.75, 3.05) is 20.2 Å². The van der Waals surface area contributed by atoms with E-state index in [2.05, 4.69) is 47.6 Å². The van der Waals surface area contributed by atoms with Crippen LogP contribution in [0.1, 0.15) is 64.7 Å². The molecule has 0 unspecified atom stereocenters. The number of amides is 1. The van der Waals surface area contributed by atoms with Gasteiger partial charge in [-0.25, -0.2) is 0 Å². The Labute approximate surface area is 146 Å². The maximum absolute atomic E-state index is 12.1. The van der Waals surface area contributed by atoms with E-state index in [0.717, 1.165) is 16.7 Å². The smallest absolute Gasteiger partial charge is 0.222 e. The lowest BCUT2D eigenvalue weighted by Crippen LogP contribution is -2.29. The summed E-state index contributed by atoms with van der Waals surface area (Å²) in [6.07, 6.45) is 0.814. The number of aliphatic hydroxyl groups excluding tert-OH is 1. The molecule has 2 N–H and O–H groups in total. The molecule has 4 nitrogen and oxygen atoms in total. The second-order valence-electron chi connectivity index (χ2n) is 8.57. The number of nitrogens with zero attached hydrogens (tertiary/aromatic N) is 1. The second kappa shape index (κ2) is 7.56. The number of phenolic OH excluding ortho intramolecular Hbond substituents is 1. The molecule has 0 aliphatic heterocycles. The van der Waals surface area contributed by atoms with E-state index in [-0.39, 0.29) is 23.3 Å². The number of aryl methyl sites for hydroxylation is 1. The molecule has 1 rings (SSSR count). The molecule has 24 heavy (non-hydrogen) atoms. The fraction of sp³-hybridized carbons (Fsp3) is 0.650. The molecule has 0 saturated heterocycles. The highest BCUT2D eigenvalue weighted by Gasteiger charge is 2.25. The number of likely N-dealkylation sites (N-methyl/N-ethyl adjacent to an activating group) is 1. The van der Waals surface area contributed by atoms with Crippen molar-refractivity contribution in [2.45, 2.75) is 65.2 Å². The zero-order valence-corrected chi connectivity index (χ0v) is 16.2. The van der Waals surface area contributed by atoms with E-state index in [4.69, 9.17) is 5.11 Å². The number of hydrogen-bond acceptors (Lipinski definition) is 3. The molecule has 1 aromatic rings. The van der Waals surface area contributed by atoms with Crippen molar-refractivity contribution in [1.82, 2.24) is 4.90 Å². The monoisotopic (exact) mass is 335 g/mol. The molecule has 4 heteroatoms. The molecule has 0 spiro atoms. The first kappa shape index (κ1) is 20.5. The molecule has 1 amide bonds. The van der Waals surface area contributed by atoms with E-state index in [0.29, 0.717) is 25.1 Å². The standard InChI is InChI=1S/C20H33NO3/c1-19(2,3)15-12-14(8-9-17(23)21(7)10-11-22)18(24)16(13-15)20(4,5)6/h12-13,22,24H,8-11H2,1-7H3. The van der Waals surface area contributed by atoms with E-state index < -0.39 is 0 Å². The van der Waals surface area contributed by atoms with Crippen LogP contribution in [-0.4, -0.2) is 41.2 Å². The Kier molecular flexibility index (Phi) is 6.45. The highest BCUT2D eigenvalue weighted by molar-refractivity contribution is 5.76. The predicted molar refractivity (Wildman–Crippen MR) is 98.6 cm³/mol. The summed E-state index contributed by atoms with van der Waals surface area (Å²) < 4.78 is 0. The zero-order valence-electron chi connectivity index (χ0n) is 16.2. The lowest BCUT2D eigenvalue weighted by atomic mass is 9.78. The third-order valence-electron chi connectivity index (χ3n) is 4.33. The van der Waals surface area contributed by atoms with Crippen molar-refractivity contribution in [3.63, 3.8) is 0 Å². The Morgan fingerprint density at radius 2 is 1.67 bits per heavy atom. The Hall–Kier alpha value is -1.55. The van der Waals surface area contributed by atoms with Gasteiger partial charge in [-0.1, -0.05) is 53.7 Å². The number of rotatable bonds is 5. The first-order chi connectivity index (χ1) is 10.9. The molecule has 0 aliphatic carbocycles. The summed E-state index contributed by atoms with van der Waals surface area (Å²) in [5, 5.41) is 19.6. The molecule has 0 radical (unpaired) electrons. The highest BCUT2D eigenvalue weighted by atomic mass is 16.3. The van der Waals surface area contributed by atoms with Crippen LogP contribution in [0.5, 0.6) is 5.75 Å². The molecule has 0 saturated carbocycles. The van der Waals surface area contributed by atoms with E-state index in [1.54, 1.807) is 7.05 Å². The minimum atomic E-state index is -0.169. The van der Waals surface area contributed by atoms with Crippen LogP contribution in [0, 0.1) is 0 Å². The fourth-order valence-corrected chi connectivity index (χ4v) is 2.60. The van der Waals surface area contributed by atoms with Crippen molar-refractivity contribution >= 4 is 5.91 Å². The van der Waals surface area contributed by atoms with Gasteiger partial charge in [0.2, 0.25) is 5.91 Å². The number of phenols is 1. The van der Waals surface area contributed by atoms with Gasteiger partial charge in [-0.3, -0.25) is 4.79 Å². The lowest BCUT2D eigenvalue weighted by molar-refractivity contribution is -0.130. The van der Waals surface area contributed by atoms with Crippen LogP contribution in [0.25, 0.3) is 0 Å². The predicted octanol–water partition coefficient (Wildman–Crippen LogP) is 3.37. The summed E-state index contributed by atoms with van der Waals surface area (Å²) >= 11 is 0. The average molecular weight is 335 g/mol. The minimum Gasteiger partial charge on any atom is -0.507 e. The quantitative estimate of drug-likeness (QED) is 0.867. The van der Waals surface area contributed by atoms with Gasteiger partial charge in [-0.05, 0) is 33.9 Å². The van der Waals surface area contributed by atoms with Crippen LogP contribution in [0.3, 0.4) is 0 Å². The van der Waals surface area contributed by atoms with Crippen LogP contribution in [0.2, 0.25) is 0 Å². The molecular formula is C20H33NO3. The number of benzene rings is 1. The normalized spacial score (nSPS) is 12.3. The van der Waals surface area contributed by atoms with Crippen molar-refractivity contribution in [3.8, 4) is 5.75 Å². The topological polar surface area (TPSA) is 60.8 Å². The average Bonchev–Trinajstić information content (AvgIpc) is 2.43. The van der Waals surface area contributed by atoms with E-state index in [1.165, 1.54) is 4.90 Å². The SMILES string of the molecule is CN(CCO)C(=O)CCc1cc(C(C)(C)C)cc(C(C)(C)C)c1O. The molecule has 0 atom stereocenters. The van der Waals surface area contributed by atoms with Crippen LogP contribution in [0.4, 0.5) is 0 Å². The molecule has 0 aliphatic rings. The fourth-order valence-electron chi connectivity index (χ4n) is 2.60. The Bertz CT molecular complexity index is 580. The van der Waals surface area contributed by atoms with Gasteiger partial charge in [0.05, 0.1) is 6.61 Å². The Morgan fingerprint density at radius 3 is 2.12 bits per heavy atom. The summed E-state index contributed by atoms with van der Waals surface area (Å²) in [6.45, 7) is 13.0. The first-order valence-corrected chi connectivity index (χ1v) is 8.59. The largest absolute Gasteiger partial charge is 0.507 e. The van der Waals surface area contributed by atoms with Gasteiger partial charge < -0.3 is 15.1 Å². The molecule has 0 aromatic heterocycles. The molecule has 0 heterocycles. The van der Waals surface area contributed by atoms with E-state index in [1.807, 2.05) is 6.07 Å². The third-order valence-corrected chi connectivity index (χ3v) is 4.33. The van der Waals surface area contributed by atoms with Crippen molar-refractivity contribution in [2.24, 2.45) is 0 Å². The summed E-state index contributed by atoms with van der Waals surface area (Å²) in [6, 6.07) is 4.10. The van der Waals surface area contributed by atoms with Gasteiger partial charge in [0, 0.05) is 20.0 Å². The summed E-state index contributed by atoms with van der Waals surface area (Å²) in [5.41, 5.74) is 2.70. The van der Waals surface area contributed by atoms with Crippen molar-refractivity contribution < 1.29 is 15.0 Å². The first-order valence-electron chi connectivity index (χ1n) is 8.59. The Balaban J connectivity index is 3.16. The van der Waals surface area contributed by atoms with Crippen molar-refractivity contribution in [1.29, 1.82) is 0 Å². The summed E-state index contributed by atoms with van der Waals surface area (Å²) in [7, 11) is 1.69. The van der Waals surface area contributed by atoms with Gasteiger partial charge >= 0.3 is 0 Å².